The summed E-state index contributed by atoms with van der Waals surface area (Å²) >= 11 is 5.77. The Balaban J connectivity index is 0.00000338. The van der Waals surface area contributed by atoms with E-state index in [1.807, 2.05) is 11.9 Å². The highest BCUT2D eigenvalue weighted by Gasteiger charge is 2.22. The molecule has 0 spiro atoms. The second-order valence-electron chi connectivity index (χ2n) is 6.18. The van der Waals surface area contributed by atoms with Gasteiger partial charge in [-0.1, -0.05) is 11.6 Å². The first kappa shape index (κ1) is 22.5. The Bertz CT molecular complexity index is 608. The van der Waals surface area contributed by atoms with E-state index < -0.39 is 4.92 Å². The summed E-state index contributed by atoms with van der Waals surface area (Å²) in [4.78, 5) is 24.6. The standard InChI is InChI=1S/C17H24ClN3O4.ClH/c1-19-8-4-13-5-9-20(10-6-13)17(22)7-11-25-16-3-2-14(18)12-15(16)21(23)24;/h2-3,12-13,19H,4-11H2,1H3;1H. The van der Waals surface area contributed by atoms with E-state index >= 15 is 0 Å². The van der Waals surface area contributed by atoms with E-state index in [0.29, 0.717) is 5.92 Å². The van der Waals surface area contributed by atoms with Crippen molar-refractivity contribution in [2.24, 2.45) is 5.92 Å². The number of halogens is 2. The number of rotatable bonds is 8. The van der Waals surface area contributed by atoms with Gasteiger partial charge in [-0.25, -0.2) is 0 Å². The molecule has 9 heteroatoms. The molecule has 0 saturated carbocycles. The number of piperidine rings is 1. The van der Waals surface area contributed by atoms with Crippen LogP contribution in [0.25, 0.3) is 0 Å². The Morgan fingerprint density at radius 3 is 2.73 bits per heavy atom. The van der Waals surface area contributed by atoms with E-state index in [0.717, 1.165) is 38.9 Å². The number of carbonyl (C=O) groups is 1. The van der Waals surface area contributed by atoms with Gasteiger partial charge in [0.05, 0.1) is 18.0 Å². The minimum atomic E-state index is -0.543. The number of nitrogens with zero attached hydrogens (tertiary/aromatic N) is 2. The highest BCUT2D eigenvalue weighted by molar-refractivity contribution is 6.30. The fourth-order valence-corrected chi connectivity index (χ4v) is 3.15. The molecule has 0 unspecified atom stereocenters. The molecule has 0 bridgehead atoms. The summed E-state index contributed by atoms with van der Waals surface area (Å²) in [6.07, 6.45) is 3.40. The van der Waals surface area contributed by atoms with Crippen LogP contribution in [0.3, 0.4) is 0 Å². The Morgan fingerprint density at radius 1 is 1.42 bits per heavy atom. The average Bonchev–Trinajstić information content (AvgIpc) is 2.61. The SMILES string of the molecule is CNCCC1CCN(C(=O)CCOc2ccc(Cl)cc2[N+](=O)[O-])CC1.Cl. The molecule has 0 aliphatic carbocycles. The molecule has 0 aromatic heterocycles. The fourth-order valence-electron chi connectivity index (χ4n) is 2.98. The molecule has 0 radical (unpaired) electrons. The first-order chi connectivity index (χ1) is 12.0. The molecule has 1 aromatic carbocycles. The van der Waals surface area contributed by atoms with Crippen molar-refractivity contribution in [3.8, 4) is 5.75 Å². The van der Waals surface area contributed by atoms with Crippen LogP contribution >= 0.6 is 24.0 Å². The number of amides is 1. The molecule has 1 fully saturated rings. The highest BCUT2D eigenvalue weighted by atomic mass is 35.5. The van der Waals surface area contributed by atoms with Gasteiger partial charge in [-0.05, 0) is 50.9 Å². The predicted octanol–water partition coefficient (Wildman–Crippen LogP) is 3.29. The van der Waals surface area contributed by atoms with Gasteiger partial charge in [0.15, 0.2) is 5.75 Å². The molecule has 2 rings (SSSR count). The Hall–Kier alpha value is -1.57. The van der Waals surface area contributed by atoms with Crippen molar-refractivity contribution in [1.82, 2.24) is 10.2 Å². The minimum absolute atomic E-state index is 0. The van der Waals surface area contributed by atoms with E-state index in [1.165, 1.54) is 18.2 Å². The van der Waals surface area contributed by atoms with E-state index in [2.05, 4.69) is 5.32 Å². The fraction of sp³-hybridized carbons (Fsp3) is 0.588. The molecule has 1 aliphatic rings. The topological polar surface area (TPSA) is 84.7 Å². The van der Waals surface area contributed by atoms with Gasteiger partial charge in [-0.3, -0.25) is 14.9 Å². The van der Waals surface area contributed by atoms with Crippen LogP contribution in [0.4, 0.5) is 5.69 Å². The number of nitrogens with one attached hydrogen (secondary N) is 1. The second-order valence-corrected chi connectivity index (χ2v) is 6.62. The summed E-state index contributed by atoms with van der Waals surface area (Å²) in [6.45, 7) is 2.66. The molecule has 146 valence electrons. The monoisotopic (exact) mass is 405 g/mol. The normalized spacial score (nSPS) is 14.6. The largest absolute Gasteiger partial charge is 0.486 e. The van der Waals surface area contributed by atoms with Gasteiger partial charge in [-0.15, -0.1) is 12.4 Å². The molecular weight excluding hydrogens is 381 g/mol. The van der Waals surface area contributed by atoms with Crippen LogP contribution in [0.2, 0.25) is 5.02 Å². The third-order valence-corrected chi connectivity index (χ3v) is 4.70. The van der Waals surface area contributed by atoms with Crippen molar-refractivity contribution >= 4 is 35.6 Å². The van der Waals surface area contributed by atoms with E-state index in [1.54, 1.807) is 0 Å². The smallest absolute Gasteiger partial charge is 0.312 e. The van der Waals surface area contributed by atoms with Gasteiger partial charge < -0.3 is 15.0 Å². The van der Waals surface area contributed by atoms with Gasteiger partial charge in [0.1, 0.15) is 0 Å². The Kier molecular flexibility index (Phi) is 9.69. The quantitative estimate of drug-likeness (QED) is 0.529. The molecule has 1 heterocycles. The van der Waals surface area contributed by atoms with Crippen molar-refractivity contribution in [3.05, 3.63) is 33.3 Å². The third kappa shape index (κ3) is 6.63. The van der Waals surface area contributed by atoms with Crippen LogP contribution in [-0.4, -0.2) is 49.0 Å². The van der Waals surface area contributed by atoms with Crippen molar-refractivity contribution in [1.29, 1.82) is 0 Å². The summed E-state index contributed by atoms with van der Waals surface area (Å²) < 4.78 is 5.43. The third-order valence-electron chi connectivity index (χ3n) is 4.46. The maximum absolute atomic E-state index is 12.3. The predicted molar refractivity (Wildman–Crippen MR) is 103 cm³/mol. The van der Waals surface area contributed by atoms with Gasteiger partial charge in [-0.2, -0.15) is 0 Å². The molecule has 1 N–H and O–H groups in total. The number of carbonyl (C=O) groups excluding carboxylic acids is 1. The average molecular weight is 406 g/mol. The lowest BCUT2D eigenvalue weighted by atomic mass is 9.93. The molecule has 1 amide bonds. The molecule has 1 aromatic rings. The molecule has 7 nitrogen and oxygen atoms in total. The maximum Gasteiger partial charge on any atom is 0.312 e. The van der Waals surface area contributed by atoms with Crippen LogP contribution in [0.1, 0.15) is 25.7 Å². The summed E-state index contributed by atoms with van der Waals surface area (Å²) in [7, 11) is 1.95. The number of likely N-dealkylation sites (tertiary alicyclic amines) is 1. The zero-order valence-electron chi connectivity index (χ0n) is 14.8. The van der Waals surface area contributed by atoms with E-state index in [9.17, 15) is 14.9 Å². The Labute approximate surface area is 164 Å². The number of ether oxygens (including phenoxy) is 1. The number of benzene rings is 1. The molecule has 1 aliphatic heterocycles. The Morgan fingerprint density at radius 2 is 2.12 bits per heavy atom. The van der Waals surface area contributed by atoms with Crippen LogP contribution in [-0.2, 0) is 4.79 Å². The van der Waals surface area contributed by atoms with Crippen LogP contribution in [0.15, 0.2) is 18.2 Å². The highest BCUT2D eigenvalue weighted by Crippen LogP contribution is 2.30. The van der Waals surface area contributed by atoms with Gasteiger partial charge in [0.25, 0.3) is 0 Å². The lowest BCUT2D eigenvalue weighted by Gasteiger charge is -2.32. The van der Waals surface area contributed by atoms with Crippen molar-refractivity contribution < 1.29 is 14.5 Å². The molecule has 26 heavy (non-hydrogen) atoms. The summed E-state index contributed by atoms with van der Waals surface area (Å²) in [5.41, 5.74) is -0.190. The van der Waals surface area contributed by atoms with Gasteiger partial charge in [0.2, 0.25) is 5.91 Å². The van der Waals surface area contributed by atoms with Gasteiger partial charge in [0, 0.05) is 24.2 Å². The number of hydrogen-bond donors (Lipinski definition) is 1. The first-order valence-electron chi connectivity index (χ1n) is 8.50. The molecule has 0 atom stereocenters. The van der Waals surface area contributed by atoms with Crippen molar-refractivity contribution in [3.63, 3.8) is 0 Å². The zero-order chi connectivity index (χ0) is 18.2. The van der Waals surface area contributed by atoms with E-state index in [4.69, 9.17) is 16.3 Å². The van der Waals surface area contributed by atoms with Crippen LogP contribution in [0, 0.1) is 16.0 Å². The lowest BCUT2D eigenvalue weighted by Crippen LogP contribution is -2.39. The summed E-state index contributed by atoms with van der Waals surface area (Å²) in [6, 6.07) is 4.23. The number of nitro benzene ring substituents is 1. The first-order valence-corrected chi connectivity index (χ1v) is 8.88. The van der Waals surface area contributed by atoms with Crippen molar-refractivity contribution in [2.75, 3.05) is 33.3 Å². The summed E-state index contributed by atoms with van der Waals surface area (Å²) in [5.74, 6) is 0.834. The van der Waals surface area contributed by atoms with E-state index in [-0.39, 0.29) is 47.8 Å². The second kappa shape index (κ2) is 11.2. The van der Waals surface area contributed by atoms with Crippen LogP contribution < -0.4 is 10.1 Å². The summed E-state index contributed by atoms with van der Waals surface area (Å²) in [5, 5.41) is 14.4. The minimum Gasteiger partial charge on any atom is -0.486 e. The number of nitro groups is 1. The molecular formula is C17H25Cl2N3O4. The lowest BCUT2D eigenvalue weighted by molar-refractivity contribution is -0.385. The van der Waals surface area contributed by atoms with Crippen molar-refractivity contribution in [2.45, 2.75) is 25.7 Å². The number of hydrogen-bond acceptors (Lipinski definition) is 5. The molecule has 1 saturated heterocycles. The van der Waals surface area contributed by atoms with Crippen LogP contribution in [0.5, 0.6) is 5.75 Å². The zero-order valence-corrected chi connectivity index (χ0v) is 16.4. The maximum atomic E-state index is 12.3. The van der Waals surface area contributed by atoms with Gasteiger partial charge >= 0.3 is 5.69 Å².